The molecule has 0 aromatic rings. The van der Waals surface area contributed by atoms with Gasteiger partial charge >= 0.3 is 6.18 Å². The number of rotatable bonds is 2. The van der Waals surface area contributed by atoms with E-state index in [1.165, 1.54) is 4.90 Å². The Bertz CT molecular complexity index is 216. The molecule has 8 heteroatoms. The molecule has 1 heterocycles. The Hall–Kier alpha value is -0.180. The van der Waals surface area contributed by atoms with E-state index >= 15 is 0 Å². The predicted molar refractivity (Wildman–Crippen MR) is 43.0 cm³/mol. The summed E-state index contributed by atoms with van der Waals surface area (Å²) in [5.74, 6) is 0. The van der Waals surface area contributed by atoms with E-state index in [-0.39, 0.29) is 26.2 Å². The molecular weight excluding hydrogens is 221 g/mol. The molecule has 0 bridgehead atoms. The molecule has 1 unspecified atom stereocenters. The summed E-state index contributed by atoms with van der Waals surface area (Å²) >= 11 is -2.31. The van der Waals surface area contributed by atoms with Crippen LogP contribution in [0.2, 0.25) is 0 Å². The topological polar surface area (TPSA) is 46.6 Å². The lowest BCUT2D eigenvalue weighted by molar-refractivity contribution is -0.148. The molecule has 0 aromatic carbocycles. The highest BCUT2D eigenvalue weighted by atomic mass is 32.2. The normalized spacial score (nSPS) is 23.7. The third-order valence-electron chi connectivity index (χ3n) is 1.94. The molecule has 1 saturated heterocycles. The lowest BCUT2D eigenvalue weighted by Gasteiger charge is -2.35. The summed E-state index contributed by atoms with van der Waals surface area (Å²) < 4.78 is 57.7. The van der Waals surface area contributed by atoms with Crippen LogP contribution in [0, 0.1) is 0 Å². The van der Waals surface area contributed by atoms with E-state index in [4.69, 9.17) is 0 Å². The first kappa shape index (κ1) is 11.9. The monoisotopic (exact) mass is 231 g/mol. The van der Waals surface area contributed by atoms with Crippen LogP contribution in [0.3, 0.4) is 0 Å². The van der Waals surface area contributed by atoms with Crippen molar-refractivity contribution in [2.45, 2.75) is 6.18 Å². The van der Waals surface area contributed by atoms with Crippen molar-refractivity contribution in [1.29, 1.82) is 0 Å². The fourth-order valence-corrected chi connectivity index (χ4v) is 1.75. The molecule has 0 spiro atoms. The average molecular weight is 231 g/mol. The van der Waals surface area contributed by atoms with Gasteiger partial charge in [0.05, 0.1) is 6.54 Å². The Balaban J connectivity index is 2.33. The largest absolute Gasteiger partial charge is 0.760 e. The van der Waals surface area contributed by atoms with Crippen LogP contribution in [0.4, 0.5) is 13.2 Å². The van der Waals surface area contributed by atoms with Crippen LogP contribution in [0.1, 0.15) is 0 Å². The Morgan fingerprint density at radius 3 is 2.07 bits per heavy atom. The molecule has 14 heavy (non-hydrogen) atoms. The minimum absolute atomic E-state index is 0.131. The zero-order valence-electron chi connectivity index (χ0n) is 7.29. The summed E-state index contributed by atoms with van der Waals surface area (Å²) in [7, 11) is 0. The molecule has 0 aliphatic carbocycles. The highest BCUT2D eigenvalue weighted by molar-refractivity contribution is 7.76. The highest BCUT2D eigenvalue weighted by Crippen LogP contribution is 2.17. The maximum absolute atomic E-state index is 11.9. The van der Waals surface area contributed by atoms with Crippen molar-refractivity contribution in [3.63, 3.8) is 0 Å². The van der Waals surface area contributed by atoms with Gasteiger partial charge in [0.15, 0.2) is 0 Å². The second kappa shape index (κ2) is 4.56. The first-order chi connectivity index (χ1) is 6.38. The first-order valence-electron chi connectivity index (χ1n) is 4.02. The van der Waals surface area contributed by atoms with E-state index in [9.17, 15) is 21.9 Å². The minimum Gasteiger partial charge on any atom is -0.760 e. The summed E-state index contributed by atoms with van der Waals surface area (Å²) in [6.07, 6.45) is -4.21. The lowest BCUT2D eigenvalue weighted by atomic mass is 10.3. The molecule has 84 valence electrons. The van der Waals surface area contributed by atoms with Crippen molar-refractivity contribution < 1.29 is 21.9 Å². The summed E-state index contributed by atoms with van der Waals surface area (Å²) in [5.41, 5.74) is 0. The smallest absolute Gasteiger partial charge is 0.401 e. The summed E-state index contributed by atoms with van der Waals surface area (Å²) in [6, 6.07) is 0. The van der Waals surface area contributed by atoms with Gasteiger partial charge in [-0.2, -0.15) is 13.2 Å². The van der Waals surface area contributed by atoms with Crippen molar-refractivity contribution in [3.8, 4) is 0 Å². The number of alkyl halides is 3. The molecule has 1 aliphatic heterocycles. The van der Waals surface area contributed by atoms with Crippen molar-refractivity contribution in [2.24, 2.45) is 0 Å². The van der Waals surface area contributed by atoms with E-state index in [0.717, 1.165) is 4.31 Å². The average Bonchev–Trinajstić information content (AvgIpc) is 2.02. The molecule has 1 aliphatic rings. The number of hydrogen-bond acceptors (Lipinski definition) is 3. The van der Waals surface area contributed by atoms with Crippen LogP contribution >= 0.6 is 0 Å². The SMILES string of the molecule is O=S([O-])N1CCN(CC(F)(F)F)CC1. The molecule has 0 radical (unpaired) electrons. The Morgan fingerprint density at radius 2 is 1.71 bits per heavy atom. The minimum atomic E-state index is -4.21. The van der Waals surface area contributed by atoms with Gasteiger partial charge in [-0.1, -0.05) is 0 Å². The number of piperazine rings is 1. The van der Waals surface area contributed by atoms with E-state index < -0.39 is 24.0 Å². The molecule has 0 saturated carbocycles. The summed E-state index contributed by atoms with van der Waals surface area (Å²) in [5, 5.41) is 0. The van der Waals surface area contributed by atoms with Gasteiger partial charge in [-0.05, 0) is 0 Å². The van der Waals surface area contributed by atoms with E-state index in [2.05, 4.69) is 0 Å². The van der Waals surface area contributed by atoms with Gasteiger partial charge < -0.3 is 4.55 Å². The first-order valence-corrected chi connectivity index (χ1v) is 5.05. The third-order valence-corrected chi connectivity index (χ3v) is 2.73. The van der Waals surface area contributed by atoms with Crippen molar-refractivity contribution in [1.82, 2.24) is 9.21 Å². The van der Waals surface area contributed by atoms with Crippen LogP contribution in [0.5, 0.6) is 0 Å². The molecule has 0 amide bonds. The van der Waals surface area contributed by atoms with E-state index in [1.807, 2.05) is 0 Å². The van der Waals surface area contributed by atoms with Crippen molar-refractivity contribution in [2.75, 3.05) is 32.7 Å². The highest BCUT2D eigenvalue weighted by Gasteiger charge is 2.32. The second-order valence-electron chi connectivity index (χ2n) is 3.04. The van der Waals surface area contributed by atoms with Gasteiger partial charge in [-0.25, -0.2) is 4.31 Å². The summed E-state index contributed by atoms with van der Waals surface area (Å²) in [6.45, 7) is -0.439. The van der Waals surface area contributed by atoms with Gasteiger partial charge in [0, 0.05) is 37.4 Å². The molecule has 1 fully saturated rings. The number of hydrogen-bond donors (Lipinski definition) is 0. The molecule has 0 aromatic heterocycles. The second-order valence-corrected chi connectivity index (χ2v) is 3.99. The maximum Gasteiger partial charge on any atom is 0.401 e. The van der Waals surface area contributed by atoms with Crippen molar-refractivity contribution >= 4 is 11.3 Å². The number of halogens is 3. The maximum atomic E-state index is 11.9. The quantitative estimate of drug-likeness (QED) is 0.626. The number of nitrogens with zero attached hydrogens (tertiary/aromatic N) is 2. The molecule has 4 nitrogen and oxygen atoms in total. The molecule has 1 atom stereocenters. The molecule has 1 rings (SSSR count). The fraction of sp³-hybridized carbons (Fsp3) is 1.00. The Kier molecular flexibility index (Phi) is 3.87. The molecule has 0 N–H and O–H groups in total. The van der Waals surface area contributed by atoms with Crippen LogP contribution in [-0.4, -0.2) is 56.9 Å². The predicted octanol–water partition coefficient (Wildman–Crippen LogP) is -0.0396. The van der Waals surface area contributed by atoms with Gasteiger partial charge in [0.2, 0.25) is 0 Å². The van der Waals surface area contributed by atoms with Crippen LogP contribution in [0.15, 0.2) is 0 Å². The van der Waals surface area contributed by atoms with E-state index in [1.54, 1.807) is 0 Å². The Labute approximate surface area is 82.1 Å². The summed E-state index contributed by atoms with van der Waals surface area (Å²) in [4.78, 5) is 1.20. The van der Waals surface area contributed by atoms with Crippen LogP contribution in [0.25, 0.3) is 0 Å². The van der Waals surface area contributed by atoms with Crippen LogP contribution in [-0.2, 0) is 11.3 Å². The third kappa shape index (κ3) is 3.91. The fourth-order valence-electron chi connectivity index (χ4n) is 1.29. The van der Waals surface area contributed by atoms with Gasteiger partial charge in [0.1, 0.15) is 0 Å². The van der Waals surface area contributed by atoms with Crippen molar-refractivity contribution in [3.05, 3.63) is 0 Å². The lowest BCUT2D eigenvalue weighted by Crippen LogP contribution is -2.49. The zero-order valence-corrected chi connectivity index (χ0v) is 8.11. The van der Waals surface area contributed by atoms with Gasteiger partial charge in [-0.15, -0.1) is 0 Å². The van der Waals surface area contributed by atoms with Gasteiger partial charge in [0.25, 0.3) is 0 Å². The van der Waals surface area contributed by atoms with Crippen LogP contribution < -0.4 is 0 Å². The van der Waals surface area contributed by atoms with Gasteiger partial charge in [-0.3, -0.25) is 9.11 Å². The molecular formula is C6H10F3N2O2S-. The standard InChI is InChI=1S/C6H11F3N2O2S/c7-6(8,9)5-10-1-3-11(4-2-10)14(12)13/h1-5H2,(H,12,13)/p-1. The zero-order chi connectivity index (χ0) is 10.8. The Morgan fingerprint density at radius 1 is 1.21 bits per heavy atom. The van der Waals surface area contributed by atoms with E-state index in [0.29, 0.717) is 0 Å².